The van der Waals surface area contributed by atoms with Crippen molar-refractivity contribution >= 4 is 38.5 Å². The van der Waals surface area contributed by atoms with E-state index in [1.807, 2.05) is 18.2 Å². The van der Waals surface area contributed by atoms with Gasteiger partial charge in [-0.05, 0) is 83.5 Å². The summed E-state index contributed by atoms with van der Waals surface area (Å²) in [5.74, 6) is 0. The first kappa shape index (κ1) is 35.8. The first-order chi connectivity index (χ1) is 23.8. The number of para-hydroxylation sites is 2. The van der Waals surface area contributed by atoms with Gasteiger partial charge >= 0.3 is 0 Å². The van der Waals surface area contributed by atoms with Gasteiger partial charge in [0.2, 0.25) is 11.4 Å². The zero-order valence-corrected chi connectivity index (χ0v) is 30.0. The van der Waals surface area contributed by atoms with Crippen LogP contribution in [0.1, 0.15) is 76.5 Å². The van der Waals surface area contributed by atoms with E-state index in [0.29, 0.717) is 5.56 Å². The van der Waals surface area contributed by atoms with E-state index in [9.17, 15) is 13.0 Å². The monoisotopic (exact) mass is 672 g/mol. The average molecular weight is 673 g/mol. The second-order valence-electron chi connectivity index (χ2n) is 12.5. The van der Waals surface area contributed by atoms with E-state index in [0.717, 1.165) is 102 Å². The molecule has 1 aliphatic rings. The molecule has 0 atom stereocenters. The molecule has 0 heterocycles. The van der Waals surface area contributed by atoms with Crippen LogP contribution in [0.3, 0.4) is 0 Å². The van der Waals surface area contributed by atoms with E-state index < -0.39 is 10.1 Å². The van der Waals surface area contributed by atoms with Gasteiger partial charge in [0.05, 0.1) is 4.90 Å². The van der Waals surface area contributed by atoms with Crippen molar-refractivity contribution in [2.24, 2.45) is 0 Å². The molecular formula is C43H48N2O3S. The van der Waals surface area contributed by atoms with Crippen LogP contribution in [-0.2, 0) is 16.5 Å². The molecule has 0 unspecified atom stereocenters. The molecule has 0 saturated heterocycles. The van der Waals surface area contributed by atoms with Crippen molar-refractivity contribution in [1.29, 1.82) is 0 Å². The summed E-state index contributed by atoms with van der Waals surface area (Å²) in [6.45, 7) is 10.4. The zero-order chi connectivity index (χ0) is 34.8. The number of nitrogens with zero attached hydrogens (tertiary/aromatic N) is 2. The maximum Gasteiger partial charge on any atom is 0.205 e. The molecule has 0 N–H and O–H groups in total. The third kappa shape index (κ3) is 8.38. The van der Waals surface area contributed by atoms with Gasteiger partial charge < -0.3 is 9.45 Å². The van der Waals surface area contributed by atoms with Crippen LogP contribution in [0.25, 0.3) is 5.57 Å². The minimum atomic E-state index is -4.76. The number of aryl methyl sites for hydroxylation is 1. The topological polar surface area (TPSA) is 63.5 Å². The highest BCUT2D eigenvalue weighted by atomic mass is 32.2. The van der Waals surface area contributed by atoms with Crippen molar-refractivity contribution in [3.8, 4) is 0 Å². The van der Waals surface area contributed by atoms with E-state index in [1.165, 1.54) is 6.07 Å². The lowest BCUT2D eigenvalue weighted by molar-refractivity contribution is -0.439. The van der Waals surface area contributed by atoms with Gasteiger partial charge in [0.1, 0.15) is 16.7 Å². The van der Waals surface area contributed by atoms with Crippen LogP contribution in [0.4, 0.5) is 17.1 Å². The third-order valence-electron chi connectivity index (χ3n) is 8.83. The first-order valence-corrected chi connectivity index (χ1v) is 19.0. The van der Waals surface area contributed by atoms with Crippen LogP contribution >= 0.6 is 0 Å². The van der Waals surface area contributed by atoms with Gasteiger partial charge in [-0.1, -0.05) is 101 Å². The molecule has 6 heteroatoms. The summed E-state index contributed by atoms with van der Waals surface area (Å²) in [5.41, 5.74) is 9.79. The van der Waals surface area contributed by atoms with Gasteiger partial charge in [-0.2, -0.15) is 4.58 Å². The van der Waals surface area contributed by atoms with Gasteiger partial charge in [0.15, 0.2) is 0 Å². The van der Waals surface area contributed by atoms with E-state index >= 15 is 0 Å². The smallest absolute Gasteiger partial charge is 0.205 e. The van der Waals surface area contributed by atoms with Crippen molar-refractivity contribution in [3.63, 3.8) is 0 Å². The normalized spacial score (nSPS) is 15.2. The van der Waals surface area contributed by atoms with Gasteiger partial charge in [-0.3, -0.25) is 0 Å². The molecule has 1 aliphatic carbocycles. The second-order valence-corrected chi connectivity index (χ2v) is 13.8. The fraction of sp³-hybridized carbons (Fsp3) is 0.279. The lowest BCUT2D eigenvalue weighted by Crippen LogP contribution is -2.19. The summed E-state index contributed by atoms with van der Waals surface area (Å²) in [7, 11) is -4.76. The molecule has 5 nitrogen and oxygen atoms in total. The van der Waals surface area contributed by atoms with Crippen LogP contribution in [0, 0.1) is 0 Å². The van der Waals surface area contributed by atoms with Crippen molar-refractivity contribution in [1.82, 2.24) is 0 Å². The highest BCUT2D eigenvalue weighted by molar-refractivity contribution is 7.85. The molecule has 0 saturated carbocycles. The fourth-order valence-electron chi connectivity index (χ4n) is 6.74. The Hall–Kier alpha value is -4.52. The molecule has 0 aliphatic heterocycles. The SMILES string of the molecule is CCCC1=CC(=[N+](CCC)c2ccccc2)C=C/C1=C(\c1ccc(N(CCC)c2ccccc2)cc1CCC)c1ccccc1S(=O)(=O)[O-]. The Labute approximate surface area is 293 Å². The Morgan fingerprint density at radius 2 is 1.37 bits per heavy atom. The Morgan fingerprint density at radius 3 is 2.02 bits per heavy atom. The summed E-state index contributed by atoms with van der Waals surface area (Å²) >= 11 is 0. The van der Waals surface area contributed by atoms with E-state index in [4.69, 9.17) is 0 Å². The first-order valence-electron chi connectivity index (χ1n) is 17.6. The third-order valence-corrected chi connectivity index (χ3v) is 9.73. The summed E-state index contributed by atoms with van der Waals surface area (Å²) in [5, 5.41) is 0. The van der Waals surface area contributed by atoms with Gasteiger partial charge in [-0.15, -0.1) is 0 Å². The molecule has 254 valence electrons. The molecule has 0 fully saturated rings. The molecule has 0 aromatic heterocycles. The summed E-state index contributed by atoms with van der Waals surface area (Å²) in [6.07, 6.45) is 11.9. The molecule has 0 amide bonds. The quantitative estimate of drug-likeness (QED) is 0.0988. The lowest BCUT2D eigenvalue weighted by Gasteiger charge is -2.27. The minimum Gasteiger partial charge on any atom is -0.744 e. The highest BCUT2D eigenvalue weighted by Gasteiger charge is 2.25. The molecule has 0 radical (unpaired) electrons. The van der Waals surface area contributed by atoms with Crippen molar-refractivity contribution in [2.75, 3.05) is 18.0 Å². The standard InChI is InChI=1S/C43H48N2O3S/c1-5-17-33-31-37(44(29-7-3)35-19-11-9-12-20-35)25-27-39(33)43(41-23-15-16-24-42(41)49(46,47)48)40-28-26-38(32-34(40)18-6-2)45(30-8-4)36-21-13-10-14-22-36/h9-16,19-28,31-32H,5-8,17-18,29-30H2,1-4H3. The highest BCUT2D eigenvalue weighted by Crippen LogP contribution is 2.40. The second kappa shape index (κ2) is 16.7. The largest absolute Gasteiger partial charge is 0.744 e. The number of hydrogen-bond donors (Lipinski definition) is 0. The molecule has 4 aromatic carbocycles. The zero-order valence-electron chi connectivity index (χ0n) is 29.2. The van der Waals surface area contributed by atoms with Crippen molar-refractivity contribution < 1.29 is 17.5 Å². The van der Waals surface area contributed by atoms with Gasteiger partial charge in [0, 0.05) is 54.2 Å². The Bertz CT molecular complexity index is 1970. The number of hydrogen-bond acceptors (Lipinski definition) is 4. The molecule has 0 spiro atoms. The van der Waals surface area contributed by atoms with E-state index in [1.54, 1.807) is 12.1 Å². The summed E-state index contributed by atoms with van der Waals surface area (Å²) < 4.78 is 40.7. The molecule has 5 rings (SSSR count). The van der Waals surface area contributed by atoms with Crippen LogP contribution < -0.4 is 4.90 Å². The summed E-state index contributed by atoms with van der Waals surface area (Å²) in [4.78, 5) is 2.14. The molecule has 49 heavy (non-hydrogen) atoms. The molecule has 0 bridgehead atoms. The van der Waals surface area contributed by atoms with Gasteiger partial charge in [0.25, 0.3) is 0 Å². The minimum absolute atomic E-state index is 0.197. The van der Waals surface area contributed by atoms with Crippen LogP contribution in [-0.4, -0.2) is 36.3 Å². The number of anilines is 2. The maximum atomic E-state index is 12.8. The van der Waals surface area contributed by atoms with Crippen molar-refractivity contribution in [3.05, 3.63) is 149 Å². The Kier molecular flexibility index (Phi) is 12.2. The molecule has 4 aromatic rings. The summed E-state index contributed by atoms with van der Waals surface area (Å²) in [6, 6.07) is 34.0. The van der Waals surface area contributed by atoms with Crippen LogP contribution in [0.2, 0.25) is 0 Å². The van der Waals surface area contributed by atoms with Crippen molar-refractivity contribution in [2.45, 2.75) is 71.1 Å². The fourth-order valence-corrected chi connectivity index (χ4v) is 7.42. The van der Waals surface area contributed by atoms with Crippen LogP contribution in [0.15, 0.2) is 137 Å². The van der Waals surface area contributed by atoms with E-state index in [2.05, 4.69) is 122 Å². The Morgan fingerprint density at radius 1 is 0.694 bits per heavy atom. The average Bonchev–Trinajstić information content (AvgIpc) is 3.11. The number of allylic oxidation sites excluding steroid dienone is 5. The predicted octanol–water partition coefficient (Wildman–Crippen LogP) is 10.4. The Balaban J connectivity index is 1.81. The predicted molar refractivity (Wildman–Crippen MR) is 203 cm³/mol. The number of rotatable bonds is 14. The van der Waals surface area contributed by atoms with E-state index in [-0.39, 0.29) is 4.90 Å². The molecular weight excluding hydrogens is 625 g/mol. The number of benzene rings is 4. The maximum absolute atomic E-state index is 12.8. The lowest BCUT2D eigenvalue weighted by atomic mass is 9.82. The van der Waals surface area contributed by atoms with Crippen LogP contribution in [0.5, 0.6) is 0 Å². The van der Waals surface area contributed by atoms with Gasteiger partial charge in [-0.25, -0.2) is 8.42 Å².